The van der Waals surface area contributed by atoms with Crippen LogP contribution in [0.1, 0.15) is 0 Å². The molecular weight excluding hydrogens is 535 g/mol. The molecule has 1 nitrogen and oxygen atoms in total. The molecule has 1 unspecified atom stereocenters. The molecule has 0 fully saturated rings. The minimum atomic E-state index is -9.12. The summed E-state index contributed by atoms with van der Waals surface area (Å²) in [5.41, 5.74) is 0. The van der Waals surface area contributed by atoms with Crippen LogP contribution in [0.5, 0.6) is 0 Å². The van der Waals surface area contributed by atoms with Gasteiger partial charge in [0.05, 0.1) is 0 Å². The lowest BCUT2D eigenvalue weighted by Gasteiger charge is -2.44. The van der Waals surface area contributed by atoms with Crippen molar-refractivity contribution in [2.75, 3.05) is 0 Å². The molecule has 0 aromatic heterocycles. The molecule has 1 atom stereocenters. The number of aliphatic hydroxyl groups is 1. The van der Waals surface area contributed by atoms with Gasteiger partial charge in [-0.2, -0.15) is 92.2 Å². The van der Waals surface area contributed by atoms with Gasteiger partial charge in [-0.25, -0.2) is 0 Å². The van der Waals surface area contributed by atoms with Gasteiger partial charge in [0, 0.05) is 0 Å². The predicted octanol–water partition coefficient (Wildman–Crippen LogP) is 6.22. The lowest BCUT2D eigenvalue weighted by atomic mass is 9.86. The van der Waals surface area contributed by atoms with Crippen LogP contribution in [0.4, 0.5) is 92.2 Å². The molecule has 0 amide bonds. The summed E-state index contributed by atoms with van der Waals surface area (Å²) in [5.74, 6) is -70.1. The normalized spacial score (nSPS) is 18.6. The Morgan fingerprint density at radius 1 is 0.250 bits per heavy atom. The Morgan fingerprint density at radius 3 is 0.656 bits per heavy atom. The topological polar surface area (TPSA) is 20.2 Å². The highest BCUT2D eigenvalue weighted by Crippen LogP contribution is 2.65. The van der Waals surface area contributed by atoms with Gasteiger partial charge in [-0.3, -0.25) is 0 Å². The monoisotopic (exact) mass is 536 g/mol. The lowest BCUT2D eigenvalue weighted by Crippen LogP contribution is -2.77. The molecular formula is C10HF21O. The molecule has 0 saturated carbocycles. The van der Waals surface area contributed by atoms with Crippen molar-refractivity contribution in [2.45, 2.75) is 59.7 Å². The Hall–Kier alpha value is -1.51. The Balaban J connectivity index is 7.00. The van der Waals surface area contributed by atoms with E-state index < -0.39 is 59.7 Å². The van der Waals surface area contributed by atoms with E-state index in [-0.39, 0.29) is 0 Å². The maximum atomic E-state index is 13.2. The van der Waals surface area contributed by atoms with Crippen LogP contribution in [0.25, 0.3) is 0 Å². The summed E-state index contributed by atoms with van der Waals surface area (Å²) in [5, 5.41) is 7.98. The minimum Gasteiger partial charge on any atom is -0.352 e. The molecule has 0 saturated heterocycles. The van der Waals surface area contributed by atoms with Crippen LogP contribution in [0.3, 0.4) is 0 Å². The van der Waals surface area contributed by atoms with Crippen molar-refractivity contribution in [2.24, 2.45) is 0 Å². The summed E-state index contributed by atoms with van der Waals surface area (Å²) in [6.45, 7) is 0. The van der Waals surface area contributed by atoms with Crippen molar-refractivity contribution < 1.29 is 97.3 Å². The quantitative estimate of drug-likeness (QED) is 0.384. The van der Waals surface area contributed by atoms with Crippen molar-refractivity contribution in [1.82, 2.24) is 0 Å². The molecule has 0 heterocycles. The molecule has 0 bridgehead atoms. The average molecular weight is 536 g/mol. The molecule has 0 rings (SSSR count). The van der Waals surface area contributed by atoms with E-state index in [0.717, 1.165) is 0 Å². The van der Waals surface area contributed by atoms with Crippen LogP contribution in [-0.4, -0.2) is 64.8 Å². The third kappa shape index (κ3) is 3.41. The molecule has 32 heavy (non-hydrogen) atoms. The van der Waals surface area contributed by atoms with E-state index in [1.807, 2.05) is 0 Å². The van der Waals surface area contributed by atoms with E-state index in [1.165, 1.54) is 0 Å². The van der Waals surface area contributed by atoms with E-state index in [0.29, 0.717) is 0 Å². The van der Waals surface area contributed by atoms with Crippen molar-refractivity contribution in [3.63, 3.8) is 0 Å². The molecule has 0 aliphatic carbocycles. The Kier molecular flexibility index (Phi) is 6.67. The number of rotatable bonds is 7. The van der Waals surface area contributed by atoms with Gasteiger partial charge in [0.1, 0.15) is 0 Å². The van der Waals surface area contributed by atoms with Gasteiger partial charge in [-0.05, 0) is 0 Å². The van der Waals surface area contributed by atoms with Crippen molar-refractivity contribution in [3.05, 3.63) is 0 Å². The molecule has 0 aromatic rings. The summed E-state index contributed by atoms with van der Waals surface area (Å²) in [6.07, 6.45) is -15.9. The summed E-state index contributed by atoms with van der Waals surface area (Å²) in [4.78, 5) is 0. The molecule has 0 radical (unpaired) electrons. The van der Waals surface area contributed by atoms with E-state index in [4.69, 9.17) is 5.11 Å². The van der Waals surface area contributed by atoms with Crippen LogP contribution >= 0.6 is 0 Å². The van der Waals surface area contributed by atoms with Crippen LogP contribution < -0.4 is 0 Å². The highest BCUT2D eigenvalue weighted by Gasteiger charge is 2.97. The fourth-order valence-electron chi connectivity index (χ4n) is 1.56. The van der Waals surface area contributed by atoms with Crippen LogP contribution in [-0.2, 0) is 0 Å². The van der Waals surface area contributed by atoms with E-state index in [2.05, 4.69) is 0 Å². The number of hydrogen-bond donors (Lipinski definition) is 1. The smallest absolute Gasteiger partial charge is 0.352 e. The van der Waals surface area contributed by atoms with Crippen molar-refractivity contribution >= 4 is 0 Å². The molecule has 194 valence electrons. The highest BCUT2D eigenvalue weighted by atomic mass is 19.4. The second kappa shape index (κ2) is 7.00. The van der Waals surface area contributed by atoms with Gasteiger partial charge in [0.2, 0.25) is 0 Å². The molecule has 0 aliphatic heterocycles. The fourth-order valence-corrected chi connectivity index (χ4v) is 1.56. The molecule has 1 N–H and O–H groups in total. The van der Waals surface area contributed by atoms with Crippen LogP contribution in [0.2, 0.25) is 0 Å². The number of halogens is 21. The molecule has 0 spiro atoms. The van der Waals surface area contributed by atoms with Crippen molar-refractivity contribution in [1.29, 1.82) is 0 Å². The van der Waals surface area contributed by atoms with Gasteiger partial charge in [0.25, 0.3) is 0 Å². The number of hydrogen-bond acceptors (Lipinski definition) is 1. The summed E-state index contributed by atoms with van der Waals surface area (Å²) >= 11 is 0. The zero-order valence-corrected chi connectivity index (χ0v) is 13.4. The molecule has 22 heteroatoms. The van der Waals surface area contributed by atoms with E-state index in [9.17, 15) is 92.2 Å². The summed E-state index contributed by atoms with van der Waals surface area (Å²) in [7, 11) is 0. The van der Waals surface area contributed by atoms with Gasteiger partial charge in [0.15, 0.2) is 0 Å². The maximum Gasteiger partial charge on any atom is 0.460 e. The SMILES string of the molecule is OC(F)(C(F)(F)C(F)(F)C(F)(F)F)C(F)(F)C(F)(F)C(F)(F)C(F)(F)C(F)(F)C(F)(F)F. The predicted molar refractivity (Wildman–Crippen MR) is 52.8 cm³/mol. The van der Waals surface area contributed by atoms with Crippen molar-refractivity contribution in [3.8, 4) is 0 Å². The first-order chi connectivity index (χ1) is 13.2. The molecule has 0 aromatic carbocycles. The summed E-state index contributed by atoms with van der Waals surface area (Å²) in [6, 6.07) is 0. The summed E-state index contributed by atoms with van der Waals surface area (Å²) < 4.78 is 265. The molecule has 0 aliphatic rings. The first kappa shape index (κ1) is 30.5. The second-order valence-corrected chi connectivity index (χ2v) is 5.64. The average Bonchev–Trinajstić information content (AvgIpc) is 2.51. The lowest BCUT2D eigenvalue weighted by molar-refractivity contribution is -0.489. The maximum absolute atomic E-state index is 13.2. The van der Waals surface area contributed by atoms with E-state index >= 15 is 0 Å². The first-order valence-electron chi connectivity index (χ1n) is 6.44. The second-order valence-electron chi connectivity index (χ2n) is 5.64. The van der Waals surface area contributed by atoms with Gasteiger partial charge in [-0.1, -0.05) is 0 Å². The van der Waals surface area contributed by atoms with Crippen LogP contribution in [0, 0.1) is 0 Å². The van der Waals surface area contributed by atoms with Gasteiger partial charge >= 0.3 is 59.7 Å². The minimum absolute atomic E-state index is 7.95. The highest BCUT2D eigenvalue weighted by molar-refractivity contribution is 5.17. The van der Waals surface area contributed by atoms with Gasteiger partial charge in [-0.15, -0.1) is 0 Å². The number of alkyl halides is 21. The zero-order chi connectivity index (χ0) is 27.0. The van der Waals surface area contributed by atoms with Crippen LogP contribution in [0.15, 0.2) is 0 Å². The largest absolute Gasteiger partial charge is 0.460 e. The first-order valence-corrected chi connectivity index (χ1v) is 6.44. The standard InChI is InChI=1S/C10HF21O/c11-1(12,3(15,16)6(21,22)9(26,27)28)2(13,14)4(17,18)8(25,32)5(19,20)7(23,24)10(29,30)31/h32H. The Labute approximate surface area is 158 Å². The Bertz CT molecular complexity index is 632. The third-order valence-electron chi connectivity index (χ3n) is 3.52. The Morgan fingerprint density at radius 2 is 0.406 bits per heavy atom. The van der Waals surface area contributed by atoms with E-state index in [1.54, 1.807) is 0 Å². The fraction of sp³-hybridized carbons (Fsp3) is 1.00. The zero-order valence-electron chi connectivity index (χ0n) is 13.4. The van der Waals surface area contributed by atoms with Gasteiger partial charge < -0.3 is 5.11 Å². The third-order valence-corrected chi connectivity index (χ3v) is 3.52.